The monoisotopic (exact) mass is 394 g/mol. The van der Waals surface area contributed by atoms with Crippen LogP contribution in [0, 0.1) is 0 Å². The minimum atomic E-state index is -0.449. The van der Waals surface area contributed by atoms with Crippen molar-refractivity contribution in [2.45, 2.75) is 13.8 Å². The lowest BCUT2D eigenvalue weighted by Gasteiger charge is -2.18. The zero-order chi connectivity index (χ0) is 20.8. The van der Waals surface area contributed by atoms with E-state index in [1.54, 1.807) is 53.4 Å². The smallest absolute Gasteiger partial charge is 0.336 e. The molecule has 0 saturated heterocycles. The van der Waals surface area contributed by atoms with Crippen LogP contribution in [0.3, 0.4) is 0 Å². The van der Waals surface area contributed by atoms with Crippen LogP contribution < -0.4 is 15.7 Å². The Bertz CT molecular complexity index is 1070. The fourth-order valence-corrected chi connectivity index (χ4v) is 2.87. The second kappa shape index (κ2) is 9.05. The summed E-state index contributed by atoms with van der Waals surface area (Å²) in [6.45, 7) is 4.94. The molecule has 3 rings (SSSR count). The molecular weight excluding hydrogens is 372 g/mol. The minimum absolute atomic E-state index is 0.0424. The van der Waals surface area contributed by atoms with Gasteiger partial charge in [0.15, 0.2) is 6.61 Å². The van der Waals surface area contributed by atoms with E-state index in [0.717, 1.165) is 5.39 Å². The van der Waals surface area contributed by atoms with Crippen LogP contribution in [-0.4, -0.2) is 36.4 Å². The molecule has 2 amide bonds. The minimum Gasteiger partial charge on any atom is -0.484 e. The summed E-state index contributed by atoms with van der Waals surface area (Å²) in [6, 6.07) is 14.7. The first-order chi connectivity index (χ1) is 14.0. The number of nitrogens with one attached hydrogen (secondary N) is 1. The van der Waals surface area contributed by atoms with Crippen LogP contribution in [0.5, 0.6) is 5.75 Å². The molecule has 7 nitrogen and oxygen atoms in total. The Labute approximate surface area is 167 Å². The maximum atomic E-state index is 12.3. The van der Waals surface area contributed by atoms with Gasteiger partial charge in [-0.25, -0.2) is 4.79 Å². The molecule has 0 unspecified atom stereocenters. The predicted molar refractivity (Wildman–Crippen MR) is 110 cm³/mol. The number of rotatable bonds is 7. The second-order valence-corrected chi connectivity index (χ2v) is 6.35. The molecule has 0 spiro atoms. The van der Waals surface area contributed by atoms with Crippen LogP contribution in [-0.2, 0) is 4.79 Å². The van der Waals surface area contributed by atoms with Crippen molar-refractivity contribution in [2.24, 2.45) is 0 Å². The number of anilines is 1. The van der Waals surface area contributed by atoms with Crippen LogP contribution in [0.15, 0.2) is 63.8 Å². The average molecular weight is 394 g/mol. The number of carbonyl (C=O) groups excluding carboxylic acids is 2. The van der Waals surface area contributed by atoms with Gasteiger partial charge in [-0.1, -0.05) is 0 Å². The molecule has 0 fully saturated rings. The summed E-state index contributed by atoms with van der Waals surface area (Å²) in [7, 11) is 0. The van der Waals surface area contributed by atoms with Gasteiger partial charge in [-0.3, -0.25) is 9.59 Å². The van der Waals surface area contributed by atoms with Crippen LogP contribution in [0.25, 0.3) is 11.0 Å². The zero-order valence-corrected chi connectivity index (χ0v) is 16.3. The highest BCUT2D eigenvalue weighted by Gasteiger charge is 2.12. The summed E-state index contributed by atoms with van der Waals surface area (Å²) in [5, 5.41) is 3.48. The molecule has 0 radical (unpaired) electrons. The van der Waals surface area contributed by atoms with E-state index in [9.17, 15) is 14.4 Å². The van der Waals surface area contributed by atoms with Gasteiger partial charge >= 0.3 is 5.63 Å². The molecular formula is C22H22N2O5. The molecule has 2 aromatic carbocycles. The molecule has 0 aliphatic heterocycles. The van der Waals surface area contributed by atoms with Crippen molar-refractivity contribution in [3.63, 3.8) is 0 Å². The van der Waals surface area contributed by atoms with Crippen molar-refractivity contribution >= 4 is 28.5 Å². The van der Waals surface area contributed by atoms with Crippen LogP contribution >= 0.6 is 0 Å². The fourth-order valence-electron chi connectivity index (χ4n) is 2.87. The third-order valence-electron chi connectivity index (χ3n) is 4.43. The normalized spacial score (nSPS) is 10.6. The first-order valence-electron chi connectivity index (χ1n) is 9.36. The van der Waals surface area contributed by atoms with Crippen molar-refractivity contribution in [1.29, 1.82) is 0 Å². The molecule has 0 atom stereocenters. The van der Waals surface area contributed by atoms with E-state index in [2.05, 4.69) is 5.32 Å². The van der Waals surface area contributed by atoms with Gasteiger partial charge in [0.25, 0.3) is 11.8 Å². The van der Waals surface area contributed by atoms with E-state index in [1.807, 2.05) is 13.8 Å². The highest BCUT2D eigenvalue weighted by molar-refractivity contribution is 5.96. The molecule has 7 heteroatoms. The third-order valence-corrected chi connectivity index (χ3v) is 4.43. The summed E-state index contributed by atoms with van der Waals surface area (Å²) in [4.78, 5) is 37.5. The Hall–Kier alpha value is -3.61. The first-order valence-corrected chi connectivity index (χ1v) is 9.36. The Morgan fingerprint density at radius 1 is 1.00 bits per heavy atom. The molecule has 1 N–H and O–H groups in total. The number of ether oxygens (including phenoxy) is 1. The van der Waals surface area contributed by atoms with Crippen LogP contribution in [0.2, 0.25) is 0 Å². The van der Waals surface area contributed by atoms with Gasteiger partial charge in [0.05, 0.1) is 0 Å². The van der Waals surface area contributed by atoms with Crippen LogP contribution in [0.1, 0.15) is 24.2 Å². The molecule has 1 heterocycles. The van der Waals surface area contributed by atoms with Gasteiger partial charge in [-0.15, -0.1) is 0 Å². The van der Waals surface area contributed by atoms with Crippen LogP contribution in [0.4, 0.5) is 5.69 Å². The summed E-state index contributed by atoms with van der Waals surface area (Å²) in [6.07, 6.45) is 0. The van der Waals surface area contributed by atoms with Gasteiger partial charge < -0.3 is 19.4 Å². The van der Waals surface area contributed by atoms with Gasteiger partial charge in [0, 0.05) is 41.9 Å². The number of nitrogens with zero attached hydrogens (tertiary/aromatic N) is 1. The lowest BCUT2D eigenvalue weighted by molar-refractivity contribution is -0.118. The van der Waals surface area contributed by atoms with Gasteiger partial charge in [0.1, 0.15) is 11.3 Å². The lowest BCUT2D eigenvalue weighted by Crippen LogP contribution is -2.30. The summed E-state index contributed by atoms with van der Waals surface area (Å²) in [5.41, 5.74) is 1.08. The van der Waals surface area contributed by atoms with Gasteiger partial charge in [0.2, 0.25) is 0 Å². The average Bonchev–Trinajstić information content (AvgIpc) is 2.73. The highest BCUT2D eigenvalue weighted by Crippen LogP contribution is 2.19. The highest BCUT2D eigenvalue weighted by atomic mass is 16.5. The number of hydrogen-bond donors (Lipinski definition) is 1. The number of amides is 2. The zero-order valence-electron chi connectivity index (χ0n) is 16.3. The second-order valence-electron chi connectivity index (χ2n) is 6.35. The fraction of sp³-hybridized carbons (Fsp3) is 0.227. The van der Waals surface area contributed by atoms with Crippen molar-refractivity contribution < 1.29 is 18.7 Å². The van der Waals surface area contributed by atoms with E-state index in [0.29, 0.717) is 35.7 Å². The lowest BCUT2D eigenvalue weighted by atomic mass is 10.2. The molecule has 0 aliphatic rings. The van der Waals surface area contributed by atoms with Gasteiger partial charge in [-0.2, -0.15) is 0 Å². The van der Waals surface area contributed by atoms with E-state index in [-0.39, 0.29) is 18.4 Å². The number of fused-ring (bicyclic) bond motifs is 1. The number of benzene rings is 2. The number of hydrogen-bond acceptors (Lipinski definition) is 5. The Kier molecular flexibility index (Phi) is 6.29. The Morgan fingerprint density at radius 3 is 2.38 bits per heavy atom. The maximum absolute atomic E-state index is 12.3. The Morgan fingerprint density at radius 2 is 1.69 bits per heavy atom. The van der Waals surface area contributed by atoms with Gasteiger partial charge in [-0.05, 0) is 56.3 Å². The SMILES string of the molecule is CCN(CC)C(=O)c1ccc(NC(=O)COc2ccc3ccc(=O)oc3c2)cc1. The summed E-state index contributed by atoms with van der Waals surface area (Å²) < 4.78 is 10.6. The van der Waals surface area contributed by atoms with E-state index in [4.69, 9.17) is 9.15 Å². The molecule has 0 saturated carbocycles. The Balaban J connectivity index is 1.58. The molecule has 0 bridgehead atoms. The molecule has 150 valence electrons. The summed E-state index contributed by atoms with van der Waals surface area (Å²) >= 11 is 0. The van der Waals surface area contributed by atoms with Crippen molar-refractivity contribution in [1.82, 2.24) is 4.90 Å². The standard InChI is InChI=1S/C22H22N2O5/c1-3-24(4-2)22(27)16-5-9-17(10-6-16)23-20(25)14-28-18-11-7-15-8-12-21(26)29-19(15)13-18/h5-13H,3-4,14H2,1-2H3,(H,23,25). The topological polar surface area (TPSA) is 88.9 Å². The maximum Gasteiger partial charge on any atom is 0.336 e. The third kappa shape index (κ3) is 5.01. The van der Waals surface area contributed by atoms with Crippen molar-refractivity contribution in [3.05, 3.63) is 70.6 Å². The van der Waals surface area contributed by atoms with Crippen molar-refractivity contribution in [3.8, 4) is 5.75 Å². The van der Waals surface area contributed by atoms with Crippen molar-refractivity contribution in [2.75, 3.05) is 25.0 Å². The van der Waals surface area contributed by atoms with E-state index in [1.165, 1.54) is 6.07 Å². The molecule has 29 heavy (non-hydrogen) atoms. The largest absolute Gasteiger partial charge is 0.484 e. The number of carbonyl (C=O) groups is 2. The molecule has 0 aliphatic carbocycles. The first kappa shape index (κ1) is 20.1. The quantitative estimate of drug-likeness (QED) is 0.621. The predicted octanol–water partition coefficient (Wildman–Crippen LogP) is 3.29. The van der Waals surface area contributed by atoms with E-state index < -0.39 is 5.63 Å². The van der Waals surface area contributed by atoms with E-state index >= 15 is 0 Å². The molecule has 1 aromatic heterocycles. The molecule has 3 aromatic rings. The summed E-state index contributed by atoms with van der Waals surface area (Å²) in [5.74, 6) is 0.0313.